The fourth-order valence-electron chi connectivity index (χ4n) is 6.76. The Kier molecular flexibility index (Phi) is 52.0. The average molecular weight is 911 g/mol. The molecule has 66 heavy (non-hydrogen) atoms. The number of rotatable bonds is 47. The molecule has 5 heteroatoms. The molecule has 0 N–H and O–H groups in total. The Morgan fingerprint density at radius 1 is 0.348 bits per heavy atom. The van der Waals surface area contributed by atoms with Crippen LogP contribution >= 0.6 is 0 Å². The summed E-state index contributed by atoms with van der Waals surface area (Å²) in [7, 11) is 0. The van der Waals surface area contributed by atoms with Gasteiger partial charge >= 0.3 is 11.9 Å². The fourth-order valence-corrected chi connectivity index (χ4v) is 6.76. The minimum Gasteiger partial charge on any atom is -0.462 e. The van der Waals surface area contributed by atoms with Crippen LogP contribution in [0.2, 0.25) is 0 Å². The highest BCUT2D eigenvalue weighted by Gasteiger charge is 2.17. The van der Waals surface area contributed by atoms with E-state index in [1.807, 2.05) is 6.08 Å². The summed E-state index contributed by atoms with van der Waals surface area (Å²) < 4.78 is 17.3. The Morgan fingerprint density at radius 2 is 0.712 bits per heavy atom. The van der Waals surface area contributed by atoms with Gasteiger partial charge in [0, 0.05) is 19.4 Å². The van der Waals surface area contributed by atoms with Crippen LogP contribution in [0.4, 0.5) is 0 Å². The average Bonchev–Trinajstić information content (AvgIpc) is 3.32. The van der Waals surface area contributed by atoms with E-state index in [4.69, 9.17) is 14.2 Å². The number of carbonyl (C=O) groups is 2. The van der Waals surface area contributed by atoms with Crippen molar-refractivity contribution < 1.29 is 23.8 Å². The Bertz CT molecular complexity index is 1400. The Hall–Kier alpha value is -3.96. The van der Waals surface area contributed by atoms with Crippen molar-refractivity contribution in [2.24, 2.45) is 0 Å². The van der Waals surface area contributed by atoms with E-state index in [0.29, 0.717) is 25.9 Å². The Morgan fingerprint density at radius 3 is 1.15 bits per heavy atom. The van der Waals surface area contributed by atoms with Gasteiger partial charge in [-0.25, -0.2) is 0 Å². The van der Waals surface area contributed by atoms with Gasteiger partial charge in [0.15, 0.2) is 6.10 Å². The highest BCUT2D eigenvalue weighted by molar-refractivity contribution is 5.70. The molecular formula is C61H98O5. The van der Waals surface area contributed by atoms with Crippen LogP contribution in [0.25, 0.3) is 0 Å². The van der Waals surface area contributed by atoms with Crippen molar-refractivity contribution in [3.8, 4) is 0 Å². The van der Waals surface area contributed by atoms with Crippen molar-refractivity contribution in [2.45, 2.75) is 219 Å². The van der Waals surface area contributed by atoms with Crippen LogP contribution in [0.5, 0.6) is 0 Å². The van der Waals surface area contributed by atoms with Crippen LogP contribution in [0.1, 0.15) is 213 Å². The van der Waals surface area contributed by atoms with Crippen molar-refractivity contribution in [2.75, 3.05) is 19.8 Å². The molecule has 0 saturated carbocycles. The SMILES string of the molecule is CC/C=C\C/C=C\C/C=C\C/C=C\C/C=C\C/C=C\CCC(=O)OCC(COCCCCCCCC/C=C\C/C=C\CCCCC)OC(=O)CCCCCCC/C=C\C/C=C\C/C=C\CC. The molecule has 372 valence electrons. The van der Waals surface area contributed by atoms with Gasteiger partial charge in [-0.2, -0.15) is 0 Å². The number of ether oxygens (including phenoxy) is 3. The predicted molar refractivity (Wildman–Crippen MR) is 288 cm³/mol. The molecule has 0 aliphatic heterocycles. The van der Waals surface area contributed by atoms with Crippen molar-refractivity contribution in [3.05, 3.63) is 134 Å². The predicted octanol–water partition coefficient (Wildman–Crippen LogP) is 18.3. The molecule has 0 rings (SSSR count). The molecule has 0 amide bonds. The molecule has 0 fully saturated rings. The first kappa shape index (κ1) is 62.0. The number of carbonyl (C=O) groups excluding carboxylic acids is 2. The van der Waals surface area contributed by atoms with Gasteiger partial charge in [0.1, 0.15) is 6.61 Å². The fraction of sp³-hybridized carbons (Fsp3) is 0.607. The van der Waals surface area contributed by atoms with E-state index in [-0.39, 0.29) is 25.2 Å². The summed E-state index contributed by atoms with van der Waals surface area (Å²) in [4.78, 5) is 25.4. The summed E-state index contributed by atoms with van der Waals surface area (Å²) in [6.07, 6.45) is 79.0. The molecular weight excluding hydrogens is 813 g/mol. The lowest BCUT2D eigenvalue weighted by Crippen LogP contribution is -2.30. The van der Waals surface area contributed by atoms with Crippen molar-refractivity contribution in [1.82, 2.24) is 0 Å². The van der Waals surface area contributed by atoms with E-state index in [2.05, 4.69) is 148 Å². The second kappa shape index (κ2) is 55.4. The standard InChI is InChI=1S/C61H98O5/c1-4-7-10-13-16-19-22-25-28-30-31-32-34-36-39-42-45-48-51-54-60(62)65-58-59(57-64-56-53-50-47-44-41-38-35-29-26-23-20-17-14-11-8-5-2)66-61(63)55-52-49-46-43-40-37-33-27-24-21-18-15-12-9-6-3/h7,9-10,12,16-21,25-29,31-33,36,39,45,48,59H,4-6,8,11,13-15,22-24,30,34-35,37-38,40-44,46-47,49-58H2,1-3H3/b10-7-,12-9-,19-16-,20-17-,21-18-,28-25-,29-26-,32-31-,33-27-,39-36-,48-45-. The largest absolute Gasteiger partial charge is 0.462 e. The lowest BCUT2D eigenvalue weighted by molar-refractivity contribution is -0.162. The summed E-state index contributed by atoms with van der Waals surface area (Å²) in [6, 6.07) is 0. The van der Waals surface area contributed by atoms with Gasteiger partial charge in [-0.15, -0.1) is 0 Å². The third kappa shape index (κ3) is 52.7. The summed E-state index contributed by atoms with van der Waals surface area (Å²) >= 11 is 0. The minimum atomic E-state index is -0.591. The molecule has 0 aromatic carbocycles. The van der Waals surface area contributed by atoms with E-state index in [0.717, 1.165) is 116 Å². The monoisotopic (exact) mass is 911 g/mol. The van der Waals surface area contributed by atoms with Gasteiger partial charge < -0.3 is 14.2 Å². The maximum absolute atomic E-state index is 12.8. The molecule has 0 radical (unpaired) electrons. The summed E-state index contributed by atoms with van der Waals surface area (Å²) in [5, 5.41) is 0. The Labute approximate surface area is 407 Å². The van der Waals surface area contributed by atoms with E-state index in [1.54, 1.807) is 0 Å². The van der Waals surface area contributed by atoms with E-state index in [9.17, 15) is 9.59 Å². The zero-order valence-electron chi connectivity index (χ0n) is 42.7. The zero-order valence-corrected chi connectivity index (χ0v) is 42.7. The second-order valence-corrected chi connectivity index (χ2v) is 17.0. The molecule has 0 aliphatic carbocycles. The molecule has 0 heterocycles. The lowest BCUT2D eigenvalue weighted by atomic mass is 10.1. The highest BCUT2D eigenvalue weighted by Crippen LogP contribution is 2.12. The molecule has 0 bridgehead atoms. The minimum absolute atomic E-state index is 0.0250. The highest BCUT2D eigenvalue weighted by atomic mass is 16.6. The normalized spacial score (nSPS) is 13.3. The third-order valence-corrected chi connectivity index (χ3v) is 10.7. The molecule has 0 spiro atoms. The molecule has 0 saturated heterocycles. The molecule has 1 atom stereocenters. The van der Waals surface area contributed by atoms with Gasteiger partial charge in [0.05, 0.1) is 6.61 Å². The van der Waals surface area contributed by atoms with Gasteiger partial charge in [0.25, 0.3) is 0 Å². The van der Waals surface area contributed by atoms with E-state index < -0.39 is 6.10 Å². The summed E-state index contributed by atoms with van der Waals surface area (Å²) in [5.74, 6) is -0.528. The number of unbranched alkanes of at least 4 members (excludes halogenated alkanes) is 14. The van der Waals surface area contributed by atoms with Gasteiger partial charge in [-0.05, 0) is 122 Å². The van der Waals surface area contributed by atoms with Crippen LogP contribution < -0.4 is 0 Å². The number of hydrogen-bond acceptors (Lipinski definition) is 5. The molecule has 5 nitrogen and oxygen atoms in total. The Balaban J connectivity index is 4.47. The summed E-state index contributed by atoms with van der Waals surface area (Å²) in [6.45, 7) is 7.44. The quantitative estimate of drug-likeness (QED) is 0.0346. The lowest BCUT2D eigenvalue weighted by Gasteiger charge is -2.18. The summed E-state index contributed by atoms with van der Waals surface area (Å²) in [5.41, 5.74) is 0. The zero-order chi connectivity index (χ0) is 47.7. The van der Waals surface area contributed by atoms with Crippen LogP contribution in [-0.2, 0) is 23.8 Å². The van der Waals surface area contributed by atoms with Crippen molar-refractivity contribution in [3.63, 3.8) is 0 Å². The third-order valence-electron chi connectivity index (χ3n) is 10.7. The molecule has 0 aromatic heterocycles. The molecule has 0 aliphatic rings. The van der Waals surface area contributed by atoms with Gasteiger partial charge in [-0.1, -0.05) is 212 Å². The number of allylic oxidation sites excluding steroid dienone is 22. The molecule has 0 aromatic rings. The topological polar surface area (TPSA) is 61.8 Å². The number of esters is 2. The van der Waals surface area contributed by atoms with Crippen LogP contribution in [0.15, 0.2) is 134 Å². The smallest absolute Gasteiger partial charge is 0.306 e. The van der Waals surface area contributed by atoms with Crippen molar-refractivity contribution in [1.29, 1.82) is 0 Å². The van der Waals surface area contributed by atoms with Crippen LogP contribution in [0, 0.1) is 0 Å². The van der Waals surface area contributed by atoms with Crippen molar-refractivity contribution >= 4 is 11.9 Å². The second-order valence-electron chi connectivity index (χ2n) is 17.0. The molecule has 1 unspecified atom stereocenters. The first-order valence-electron chi connectivity index (χ1n) is 26.7. The van der Waals surface area contributed by atoms with E-state index in [1.165, 1.54) is 57.8 Å². The first-order chi connectivity index (χ1) is 32.6. The van der Waals surface area contributed by atoms with Gasteiger partial charge in [0.2, 0.25) is 0 Å². The maximum Gasteiger partial charge on any atom is 0.306 e. The first-order valence-corrected chi connectivity index (χ1v) is 26.7. The van der Waals surface area contributed by atoms with E-state index >= 15 is 0 Å². The maximum atomic E-state index is 12.8. The van der Waals surface area contributed by atoms with Gasteiger partial charge in [-0.3, -0.25) is 9.59 Å². The van der Waals surface area contributed by atoms with Crippen LogP contribution in [0.3, 0.4) is 0 Å². The number of hydrogen-bond donors (Lipinski definition) is 0. The van der Waals surface area contributed by atoms with Crippen LogP contribution in [-0.4, -0.2) is 37.9 Å².